The molecule has 154 valence electrons. The zero-order chi connectivity index (χ0) is 21.0. The van der Waals surface area contributed by atoms with Crippen LogP contribution in [0, 0.1) is 12.8 Å². The summed E-state index contributed by atoms with van der Waals surface area (Å²) in [6.45, 7) is 3.48. The number of rotatable bonds is 7. The van der Waals surface area contributed by atoms with Crippen LogP contribution in [0.1, 0.15) is 29.2 Å². The monoisotopic (exact) mass is 413 g/mol. The van der Waals surface area contributed by atoms with Gasteiger partial charge in [-0.2, -0.15) is 0 Å². The summed E-state index contributed by atoms with van der Waals surface area (Å²) in [4.78, 5) is 28.9. The topological polar surface area (TPSA) is 52.7 Å². The lowest BCUT2D eigenvalue weighted by Gasteiger charge is -2.26. The Morgan fingerprint density at radius 2 is 1.90 bits per heavy atom. The molecule has 29 heavy (non-hydrogen) atoms. The van der Waals surface area contributed by atoms with Gasteiger partial charge >= 0.3 is 0 Å². The maximum Gasteiger partial charge on any atom is 0.225 e. The Bertz CT molecular complexity index is 867. The van der Waals surface area contributed by atoms with Crippen molar-refractivity contribution in [1.29, 1.82) is 0 Å². The zero-order valence-corrected chi connectivity index (χ0v) is 17.9. The van der Waals surface area contributed by atoms with Crippen molar-refractivity contribution in [1.82, 2.24) is 15.1 Å². The van der Waals surface area contributed by atoms with Crippen LogP contribution >= 0.6 is 11.6 Å². The molecular formula is C23H28ClN3O2. The summed E-state index contributed by atoms with van der Waals surface area (Å²) in [5.41, 5.74) is 3.24. The van der Waals surface area contributed by atoms with Gasteiger partial charge in [-0.25, -0.2) is 0 Å². The summed E-state index contributed by atoms with van der Waals surface area (Å²) < 4.78 is 0. The number of likely N-dealkylation sites (tertiary alicyclic amines) is 1. The summed E-state index contributed by atoms with van der Waals surface area (Å²) in [6.07, 6.45) is 0.260. The molecule has 1 N–H and O–H groups in total. The number of halogens is 1. The summed E-state index contributed by atoms with van der Waals surface area (Å²) in [6, 6.07) is 15.8. The molecule has 0 radical (unpaired) electrons. The molecule has 3 rings (SSSR count). The van der Waals surface area contributed by atoms with Gasteiger partial charge in [0.25, 0.3) is 0 Å². The molecule has 2 atom stereocenters. The van der Waals surface area contributed by atoms with Crippen LogP contribution in [0.3, 0.4) is 0 Å². The standard InChI is InChI=1S/C23H28ClN3O2/c1-16-8-10-17(11-9-16)14-27-15-18(12-22(27)28)23(29)25-13-21(26(2)3)19-6-4-5-7-20(19)24/h4-11,18,21H,12-15H2,1-3H3,(H,25,29). The lowest BCUT2D eigenvalue weighted by molar-refractivity contribution is -0.129. The average molecular weight is 414 g/mol. The van der Waals surface area contributed by atoms with E-state index in [9.17, 15) is 9.59 Å². The van der Waals surface area contributed by atoms with Gasteiger partial charge in [-0.05, 0) is 38.2 Å². The van der Waals surface area contributed by atoms with Crippen LogP contribution in [0.25, 0.3) is 0 Å². The van der Waals surface area contributed by atoms with E-state index in [-0.39, 0.29) is 30.2 Å². The summed E-state index contributed by atoms with van der Waals surface area (Å²) in [5, 5.41) is 3.71. The Balaban J connectivity index is 1.58. The van der Waals surface area contributed by atoms with Crippen LogP contribution in [-0.4, -0.2) is 48.8 Å². The Hall–Kier alpha value is -2.37. The third kappa shape index (κ3) is 5.37. The molecule has 0 spiro atoms. The minimum atomic E-state index is -0.318. The first-order chi connectivity index (χ1) is 13.8. The predicted molar refractivity (Wildman–Crippen MR) is 116 cm³/mol. The first-order valence-electron chi connectivity index (χ1n) is 9.87. The quantitative estimate of drug-likeness (QED) is 0.756. The lowest BCUT2D eigenvalue weighted by atomic mass is 10.0. The first-order valence-corrected chi connectivity index (χ1v) is 10.2. The maximum atomic E-state index is 12.7. The minimum Gasteiger partial charge on any atom is -0.354 e. The van der Waals surface area contributed by atoms with Crippen LogP contribution in [0.15, 0.2) is 48.5 Å². The largest absolute Gasteiger partial charge is 0.354 e. The molecule has 1 fully saturated rings. The van der Waals surface area contributed by atoms with E-state index in [0.717, 1.165) is 11.1 Å². The number of amides is 2. The number of likely N-dealkylation sites (N-methyl/N-ethyl adjacent to an activating group) is 1. The Kier molecular flexibility index (Phi) is 6.93. The van der Waals surface area contributed by atoms with Crippen molar-refractivity contribution < 1.29 is 9.59 Å². The third-order valence-corrected chi connectivity index (χ3v) is 5.78. The van der Waals surface area contributed by atoms with E-state index in [1.54, 1.807) is 4.90 Å². The van der Waals surface area contributed by atoms with E-state index in [4.69, 9.17) is 11.6 Å². The van der Waals surface area contributed by atoms with Crippen molar-refractivity contribution in [2.24, 2.45) is 5.92 Å². The van der Waals surface area contributed by atoms with Gasteiger partial charge in [-0.15, -0.1) is 0 Å². The molecule has 1 aliphatic rings. The van der Waals surface area contributed by atoms with Crippen molar-refractivity contribution in [3.63, 3.8) is 0 Å². The van der Waals surface area contributed by atoms with Crippen LogP contribution in [0.2, 0.25) is 5.02 Å². The molecular weight excluding hydrogens is 386 g/mol. The maximum absolute atomic E-state index is 12.7. The molecule has 2 amide bonds. The SMILES string of the molecule is Cc1ccc(CN2CC(C(=O)NCC(c3ccccc3Cl)N(C)C)CC2=O)cc1. The normalized spacial score (nSPS) is 17.6. The van der Waals surface area contributed by atoms with Gasteiger partial charge < -0.3 is 15.1 Å². The lowest BCUT2D eigenvalue weighted by Crippen LogP contribution is -2.38. The second-order valence-corrected chi connectivity index (χ2v) is 8.31. The smallest absolute Gasteiger partial charge is 0.225 e. The Morgan fingerprint density at radius 1 is 1.21 bits per heavy atom. The number of aryl methyl sites for hydroxylation is 1. The number of nitrogens with one attached hydrogen (secondary N) is 1. The Morgan fingerprint density at radius 3 is 2.55 bits per heavy atom. The molecule has 2 aromatic carbocycles. The number of hydrogen-bond acceptors (Lipinski definition) is 3. The molecule has 0 aromatic heterocycles. The van der Waals surface area contributed by atoms with Gasteiger partial charge in [0.15, 0.2) is 0 Å². The van der Waals surface area contributed by atoms with E-state index in [1.807, 2.05) is 74.4 Å². The number of carbonyl (C=O) groups is 2. The van der Waals surface area contributed by atoms with E-state index in [2.05, 4.69) is 5.32 Å². The fourth-order valence-corrected chi connectivity index (χ4v) is 3.93. The van der Waals surface area contributed by atoms with E-state index in [1.165, 1.54) is 5.56 Å². The molecule has 1 heterocycles. The molecule has 6 heteroatoms. The zero-order valence-electron chi connectivity index (χ0n) is 17.2. The van der Waals surface area contributed by atoms with Crippen LogP contribution in [-0.2, 0) is 16.1 Å². The van der Waals surface area contributed by atoms with Crippen molar-refractivity contribution in [2.45, 2.75) is 25.9 Å². The van der Waals surface area contributed by atoms with Gasteiger partial charge in [0.05, 0.1) is 12.0 Å². The highest BCUT2D eigenvalue weighted by atomic mass is 35.5. The molecule has 5 nitrogen and oxygen atoms in total. The van der Waals surface area contributed by atoms with Gasteiger partial charge in [-0.3, -0.25) is 9.59 Å². The fourth-order valence-electron chi connectivity index (χ4n) is 3.67. The van der Waals surface area contributed by atoms with E-state index >= 15 is 0 Å². The highest BCUT2D eigenvalue weighted by molar-refractivity contribution is 6.31. The second-order valence-electron chi connectivity index (χ2n) is 7.91. The van der Waals surface area contributed by atoms with Gasteiger partial charge in [0, 0.05) is 31.1 Å². The Labute approximate surface area is 177 Å². The number of benzene rings is 2. The van der Waals surface area contributed by atoms with Gasteiger partial charge in [-0.1, -0.05) is 59.6 Å². The molecule has 1 saturated heterocycles. The van der Waals surface area contributed by atoms with Crippen molar-refractivity contribution in [3.8, 4) is 0 Å². The van der Waals surface area contributed by atoms with Gasteiger partial charge in [0.1, 0.15) is 0 Å². The highest BCUT2D eigenvalue weighted by Crippen LogP contribution is 2.26. The van der Waals surface area contributed by atoms with Crippen molar-refractivity contribution >= 4 is 23.4 Å². The first kappa shape index (κ1) is 21.3. The highest BCUT2D eigenvalue weighted by Gasteiger charge is 2.34. The van der Waals surface area contributed by atoms with E-state index in [0.29, 0.717) is 24.7 Å². The van der Waals surface area contributed by atoms with Gasteiger partial charge in [0.2, 0.25) is 11.8 Å². The summed E-state index contributed by atoms with van der Waals surface area (Å²) in [5.74, 6) is -0.369. The molecule has 2 unspecified atom stereocenters. The number of carbonyl (C=O) groups excluding carboxylic acids is 2. The van der Waals surface area contributed by atoms with Crippen LogP contribution < -0.4 is 5.32 Å². The van der Waals surface area contributed by atoms with Crippen molar-refractivity contribution in [2.75, 3.05) is 27.2 Å². The minimum absolute atomic E-state index is 0.0287. The number of nitrogens with zero attached hydrogens (tertiary/aromatic N) is 2. The van der Waals surface area contributed by atoms with Crippen LogP contribution in [0.5, 0.6) is 0 Å². The summed E-state index contributed by atoms with van der Waals surface area (Å²) in [7, 11) is 3.92. The fraction of sp³-hybridized carbons (Fsp3) is 0.391. The molecule has 2 aromatic rings. The average Bonchev–Trinajstić information content (AvgIpc) is 3.05. The number of hydrogen-bond donors (Lipinski definition) is 1. The molecule has 0 saturated carbocycles. The summed E-state index contributed by atoms with van der Waals surface area (Å²) >= 11 is 6.34. The molecule has 0 aliphatic carbocycles. The predicted octanol–water partition coefficient (Wildman–Crippen LogP) is 3.42. The van der Waals surface area contributed by atoms with E-state index < -0.39 is 0 Å². The second kappa shape index (κ2) is 9.42. The van der Waals surface area contributed by atoms with Crippen molar-refractivity contribution in [3.05, 3.63) is 70.2 Å². The molecule has 0 bridgehead atoms. The molecule has 1 aliphatic heterocycles. The van der Waals surface area contributed by atoms with Crippen LogP contribution in [0.4, 0.5) is 0 Å². The third-order valence-electron chi connectivity index (χ3n) is 5.44.